The van der Waals surface area contributed by atoms with Crippen LogP contribution in [0.3, 0.4) is 0 Å². The predicted molar refractivity (Wildman–Crippen MR) is 66.4 cm³/mol. The predicted octanol–water partition coefficient (Wildman–Crippen LogP) is 3.61. The number of ether oxygens (including phenoxy) is 1. The fourth-order valence-electron chi connectivity index (χ4n) is 1.62. The molecule has 4 heteroatoms. The van der Waals surface area contributed by atoms with Gasteiger partial charge in [0.25, 0.3) is 0 Å². The van der Waals surface area contributed by atoms with Crippen molar-refractivity contribution in [2.24, 2.45) is 0 Å². The van der Waals surface area contributed by atoms with Gasteiger partial charge in [-0.05, 0) is 23.8 Å². The van der Waals surface area contributed by atoms with Crippen molar-refractivity contribution in [2.45, 2.75) is 13.0 Å². The van der Waals surface area contributed by atoms with Gasteiger partial charge in [-0.2, -0.15) is 5.26 Å². The first-order chi connectivity index (χ1) is 9.20. The molecule has 0 bridgehead atoms. The highest BCUT2D eigenvalue weighted by Gasteiger charge is 2.07. The molecule has 2 rings (SSSR count). The van der Waals surface area contributed by atoms with E-state index in [2.05, 4.69) is 0 Å². The summed E-state index contributed by atoms with van der Waals surface area (Å²) in [6.45, 7) is -0.0405. The van der Waals surface area contributed by atoms with Crippen molar-refractivity contribution in [3.05, 3.63) is 65.2 Å². The van der Waals surface area contributed by atoms with Crippen molar-refractivity contribution in [1.82, 2.24) is 0 Å². The lowest BCUT2D eigenvalue weighted by atomic mass is 10.1. The highest BCUT2D eigenvalue weighted by atomic mass is 19.2. The van der Waals surface area contributed by atoms with Crippen LogP contribution in [0.25, 0.3) is 0 Å². The quantitative estimate of drug-likeness (QED) is 0.840. The summed E-state index contributed by atoms with van der Waals surface area (Å²) in [6.07, 6.45) is 0.332. The molecular weight excluding hydrogens is 248 g/mol. The van der Waals surface area contributed by atoms with E-state index in [1.807, 2.05) is 6.07 Å². The van der Waals surface area contributed by atoms with E-state index in [1.165, 1.54) is 12.1 Å². The molecule has 0 N–H and O–H groups in total. The fourth-order valence-corrected chi connectivity index (χ4v) is 1.62. The van der Waals surface area contributed by atoms with Crippen LogP contribution in [0.1, 0.15) is 11.1 Å². The third-order valence-electron chi connectivity index (χ3n) is 2.63. The maximum Gasteiger partial charge on any atom is 0.165 e. The molecule has 0 aromatic heterocycles. The van der Waals surface area contributed by atoms with E-state index in [0.717, 1.165) is 11.6 Å². The Kier molecular flexibility index (Phi) is 4.09. The number of halogens is 2. The fraction of sp³-hybridized carbons (Fsp3) is 0.133. The van der Waals surface area contributed by atoms with Crippen molar-refractivity contribution >= 4 is 0 Å². The van der Waals surface area contributed by atoms with Gasteiger partial charge in [-0.3, -0.25) is 0 Å². The Balaban J connectivity index is 2.02. The topological polar surface area (TPSA) is 33.0 Å². The molecule has 0 heterocycles. The van der Waals surface area contributed by atoms with Crippen LogP contribution >= 0.6 is 0 Å². The van der Waals surface area contributed by atoms with Crippen LogP contribution in [0.15, 0.2) is 42.5 Å². The van der Waals surface area contributed by atoms with Gasteiger partial charge in [-0.15, -0.1) is 0 Å². The zero-order valence-corrected chi connectivity index (χ0v) is 10.1. The van der Waals surface area contributed by atoms with Crippen LogP contribution in [0.4, 0.5) is 8.78 Å². The number of hydrogen-bond acceptors (Lipinski definition) is 2. The Hall–Kier alpha value is -2.41. The normalized spacial score (nSPS) is 9.95. The average Bonchev–Trinajstić information content (AvgIpc) is 2.42. The number of nitriles is 1. The summed E-state index contributed by atoms with van der Waals surface area (Å²) in [7, 11) is 0. The molecule has 2 aromatic rings. The molecule has 0 aliphatic carbocycles. The Morgan fingerprint density at radius 1 is 1.05 bits per heavy atom. The maximum absolute atomic E-state index is 13.4. The van der Waals surface area contributed by atoms with Crippen LogP contribution in [0.5, 0.6) is 5.75 Å². The molecule has 0 atom stereocenters. The van der Waals surface area contributed by atoms with E-state index in [1.54, 1.807) is 24.3 Å². The summed E-state index contributed by atoms with van der Waals surface area (Å²) in [5.41, 5.74) is 1.05. The Bertz CT molecular complexity index is 603. The summed E-state index contributed by atoms with van der Waals surface area (Å²) in [5.74, 6) is -1.22. The minimum absolute atomic E-state index is 0.0405. The monoisotopic (exact) mass is 259 g/mol. The van der Waals surface area contributed by atoms with Gasteiger partial charge in [-0.1, -0.05) is 24.3 Å². The first kappa shape index (κ1) is 13.0. The number of benzene rings is 2. The lowest BCUT2D eigenvalue weighted by Gasteiger charge is -2.07. The van der Waals surface area contributed by atoms with Crippen LogP contribution in [-0.4, -0.2) is 0 Å². The Morgan fingerprint density at radius 2 is 1.79 bits per heavy atom. The molecule has 96 valence electrons. The van der Waals surface area contributed by atoms with Gasteiger partial charge in [0.2, 0.25) is 0 Å². The molecule has 0 aliphatic rings. The molecule has 0 amide bonds. The van der Waals surface area contributed by atoms with Gasteiger partial charge in [0.15, 0.2) is 11.6 Å². The molecule has 0 fully saturated rings. The lowest BCUT2D eigenvalue weighted by molar-refractivity contribution is 0.297. The molecule has 0 radical (unpaired) electrons. The summed E-state index contributed by atoms with van der Waals surface area (Å²) >= 11 is 0. The number of nitrogens with zero attached hydrogens (tertiary/aromatic N) is 1. The summed E-state index contributed by atoms with van der Waals surface area (Å²) in [6, 6.07) is 12.9. The summed E-state index contributed by atoms with van der Waals surface area (Å²) in [5, 5.41) is 8.54. The molecule has 2 aromatic carbocycles. The van der Waals surface area contributed by atoms with Crippen molar-refractivity contribution < 1.29 is 13.5 Å². The van der Waals surface area contributed by atoms with Gasteiger partial charge < -0.3 is 4.74 Å². The van der Waals surface area contributed by atoms with Crippen LogP contribution in [0.2, 0.25) is 0 Å². The van der Waals surface area contributed by atoms with Crippen molar-refractivity contribution in [2.75, 3.05) is 0 Å². The van der Waals surface area contributed by atoms with E-state index in [9.17, 15) is 8.78 Å². The standard InChI is InChI=1S/C15H11F2NO/c16-14-3-1-2-12(15(14)17)10-19-13-6-4-11(5-7-13)8-9-18/h1-7H,8,10H2. The Labute approximate surface area is 109 Å². The van der Waals surface area contributed by atoms with Crippen molar-refractivity contribution in [1.29, 1.82) is 5.26 Å². The van der Waals surface area contributed by atoms with E-state index in [-0.39, 0.29) is 12.2 Å². The van der Waals surface area contributed by atoms with Crippen molar-refractivity contribution in [3.63, 3.8) is 0 Å². The molecular formula is C15H11F2NO. The number of hydrogen-bond donors (Lipinski definition) is 0. The SMILES string of the molecule is N#CCc1ccc(OCc2cccc(F)c2F)cc1. The van der Waals surface area contributed by atoms with Gasteiger partial charge in [0.05, 0.1) is 12.5 Å². The summed E-state index contributed by atoms with van der Waals surface area (Å²) in [4.78, 5) is 0. The van der Waals surface area contributed by atoms with Crippen LogP contribution in [0, 0.1) is 23.0 Å². The van der Waals surface area contributed by atoms with E-state index in [4.69, 9.17) is 10.00 Å². The van der Waals surface area contributed by atoms with Crippen LogP contribution in [-0.2, 0) is 13.0 Å². The van der Waals surface area contributed by atoms with E-state index in [0.29, 0.717) is 12.2 Å². The zero-order valence-electron chi connectivity index (χ0n) is 10.1. The summed E-state index contributed by atoms with van der Waals surface area (Å²) < 4.78 is 31.7. The highest BCUT2D eigenvalue weighted by molar-refractivity contribution is 5.29. The molecule has 0 spiro atoms. The average molecular weight is 259 g/mol. The Morgan fingerprint density at radius 3 is 2.47 bits per heavy atom. The molecule has 0 aliphatic heterocycles. The minimum Gasteiger partial charge on any atom is -0.489 e. The van der Waals surface area contributed by atoms with Gasteiger partial charge >= 0.3 is 0 Å². The maximum atomic E-state index is 13.4. The van der Waals surface area contributed by atoms with E-state index < -0.39 is 11.6 Å². The van der Waals surface area contributed by atoms with Gasteiger partial charge in [0, 0.05) is 5.56 Å². The first-order valence-electron chi connectivity index (χ1n) is 5.72. The van der Waals surface area contributed by atoms with E-state index >= 15 is 0 Å². The minimum atomic E-state index is -0.886. The highest BCUT2D eigenvalue weighted by Crippen LogP contribution is 2.17. The molecule has 0 saturated heterocycles. The first-order valence-corrected chi connectivity index (χ1v) is 5.72. The third-order valence-corrected chi connectivity index (χ3v) is 2.63. The van der Waals surface area contributed by atoms with Crippen LogP contribution < -0.4 is 4.74 Å². The molecule has 2 nitrogen and oxygen atoms in total. The molecule has 19 heavy (non-hydrogen) atoms. The number of rotatable bonds is 4. The van der Waals surface area contributed by atoms with Gasteiger partial charge in [0.1, 0.15) is 12.4 Å². The van der Waals surface area contributed by atoms with Crippen molar-refractivity contribution in [3.8, 4) is 11.8 Å². The zero-order chi connectivity index (χ0) is 13.7. The molecule has 0 saturated carbocycles. The molecule has 0 unspecified atom stereocenters. The lowest BCUT2D eigenvalue weighted by Crippen LogP contribution is -2.00. The second kappa shape index (κ2) is 5.96. The van der Waals surface area contributed by atoms with Gasteiger partial charge in [-0.25, -0.2) is 8.78 Å². The largest absolute Gasteiger partial charge is 0.489 e. The second-order valence-electron chi connectivity index (χ2n) is 3.98. The smallest absolute Gasteiger partial charge is 0.165 e. The third kappa shape index (κ3) is 3.29. The second-order valence-corrected chi connectivity index (χ2v) is 3.98.